The summed E-state index contributed by atoms with van der Waals surface area (Å²) in [6.45, 7) is 4.45. The Morgan fingerprint density at radius 1 is 1.24 bits per heavy atom. The van der Waals surface area contributed by atoms with Gasteiger partial charge in [0.2, 0.25) is 0 Å². The van der Waals surface area contributed by atoms with Gasteiger partial charge >= 0.3 is 0 Å². The number of benzene rings is 1. The fraction of sp³-hybridized carbons (Fsp3) is 0.167. The number of rotatable bonds is 5. The second-order valence-electron chi connectivity index (χ2n) is 5.61. The summed E-state index contributed by atoms with van der Waals surface area (Å²) in [5.74, 6) is -0.979. The minimum Gasteiger partial charge on any atom is -0.330 e. The monoisotopic (exact) mass is 374 g/mol. The summed E-state index contributed by atoms with van der Waals surface area (Å²) < 4.78 is 0.658. The van der Waals surface area contributed by atoms with Crippen molar-refractivity contribution in [3.05, 3.63) is 68.9 Å². The largest absolute Gasteiger partial charge is 0.330 e. The van der Waals surface area contributed by atoms with Crippen LogP contribution in [0, 0.1) is 0 Å². The molecule has 1 aliphatic heterocycles. The van der Waals surface area contributed by atoms with Gasteiger partial charge in [-0.1, -0.05) is 17.7 Å². The number of carbonyl (C=O) groups excluding carboxylic acids is 3. The highest BCUT2D eigenvalue weighted by Crippen LogP contribution is 2.25. The number of hydrogen-bond donors (Lipinski definition) is 0. The van der Waals surface area contributed by atoms with E-state index >= 15 is 0 Å². The fourth-order valence-electron chi connectivity index (χ4n) is 2.68. The number of imide groups is 1. The van der Waals surface area contributed by atoms with Crippen LogP contribution in [-0.2, 0) is 6.54 Å². The molecule has 2 aromatic rings. The van der Waals surface area contributed by atoms with E-state index in [4.69, 9.17) is 11.6 Å². The zero-order valence-electron chi connectivity index (χ0n) is 13.5. The summed E-state index contributed by atoms with van der Waals surface area (Å²) in [5.41, 5.74) is 0.945. The Hall–Kier alpha value is -2.44. The van der Waals surface area contributed by atoms with Crippen LogP contribution in [0.1, 0.15) is 36.0 Å². The first-order chi connectivity index (χ1) is 11.9. The Bertz CT molecular complexity index is 890. The summed E-state index contributed by atoms with van der Waals surface area (Å²) in [7, 11) is 1.43. The van der Waals surface area contributed by atoms with Gasteiger partial charge in [0.1, 0.15) is 0 Å². The number of amides is 3. The van der Waals surface area contributed by atoms with Crippen LogP contribution in [0.2, 0.25) is 4.34 Å². The third kappa shape index (κ3) is 3.23. The molecule has 25 heavy (non-hydrogen) atoms. The molecule has 0 fully saturated rings. The standard InChI is InChI=1S/C18H15ClN2O3S/c1-3-8-21(10-12-5-7-15(19)25-12)16(22)11-4-6-13-14(9-11)18(24)20(2)17(13)23/h3-7,9H,1,8,10H2,2H3. The zero-order valence-corrected chi connectivity index (χ0v) is 15.1. The first kappa shape index (κ1) is 17.4. The molecular weight excluding hydrogens is 360 g/mol. The van der Waals surface area contributed by atoms with E-state index in [0.717, 1.165) is 9.78 Å². The van der Waals surface area contributed by atoms with Crippen LogP contribution in [0.15, 0.2) is 43.0 Å². The molecule has 0 radical (unpaired) electrons. The first-order valence-corrected chi connectivity index (χ1v) is 8.72. The molecule has 0 spiro atoms. The Morgan fingerprint density at radius 2 is 1.96 bits per heavy atom. The van der Waals surface area contributed by atoms with Crippen molar-refractivity contribution in [2.24, 2.45) is 0 Å². The van der Waals surface area contributed by atoms with Crippen LogP contribution >= 0.6 is 22.9 Å². The van der Waals surface area contributed by atoms with Gasteiger partial charge in [-0.15, -0.1) is 17.9 Å². The van der Waals surface area contributed by atoms with E-state index in [-0.39, 0.29) is 17.4 Å². The smallest absolute Gasteiger partial charge is 0.261 e. The topological polar surface area (TPSA) is 57.7 Å². The van der Waals surface area contributed by atoms with Gasteiger partial charge in [0.05, 0.1) is 22.0 Å². The van der Waals surface area contributed by atoms with Gasteiger partial charge in [0, 0.05) is 24.0 Å². The summed E-state index contributed by atoms with van der Waals surface area (Å²) in [6.07, 6.45) is 1.64. The van der Waals surface area contributed by atoms with Crippen LogP contribution in [0.4, 0.5) is 0 Å². The summed E-state index contributed by atoms with van der Waals surface area (Å²) >= 11 is 7.35. The normalized spacial score (nSPS) is 13.1. The van der Waals surface area contributed by atoms with Gasteiger partial charge in [-0.2, -0.15) is 0 Å². The molecule has 7 heteroatoms. The van der Waals surface area contributed by atoms with Crippen molar-refractivity contribution in [3.63, 3.8) is 0 Å². The summed E-state index contributed by atoms with van der Waals surface area (Å²) in [5, 5.41) is 0. The van der Waals surface area contributed by atoms with Gasteiger partial charge in [0.15, 0.2) is 0 Å². The Balaban J connectivity index is 1.89. The van der Waals surface area contributed by atoms with Crippen LogP contribution in [-0.4, -0.2) is 41.1 Å². The molecule has 0 saturated carbocycles. The number of thiophene rings is 1. The molecule has 3 rings (SSSR count). The lowest BCUT2D eigenvalue weighted by atomic mass is 10.0. The summed E-state index contributed by atoms with van der Waals surface area (Å²) in [6, 6.07) is 8.24. The van der Waals surface area contributed by atoms with Crippen molar-refractivity contribution in [1.82, 2.24) is 9.80 Å². The highest BCUT2D eigenvalue weighted by atomic mass is 35.5. The van der Waals surface area contributed by atoms with Gasteiger partial charge in [-0.25, -0.2) is 0 Å². The molecule has 0 N–H and O–H groups in total. The van der Waals surface area contributed by atoms with Gasteiger partial charge < -0.3 is 4.90 Å². The first-order valence-electron chi connectivity index (χ1n) is 7.53. The molecule has 1 aromatic heterocycles. The maximum Gasteiger partial charge on any atom is 0.261 e. The number of hydrogen-bond acceptors (Lipinski definition) is 4. The number of halogens is 1. The van der Waals surface area contributed by atoms with Crippen LogP contribution in [0.25, 0.3) is 0 Å². The zero-order chi connectivity index (χ0) is 18.1. The highest BCUT2D eigenvalue weighted by molar-refractivity contribution is 7.16. The van der Waals surface area contributed by atoms with Gasteiger partial charge in [-0.3, -0.25) is 19.3 Å². The lowest BCUT2D eigenvalue weighted by molar-refractivity contribution is 0.0692. The van der Waals surface area contributed by atoms with Crippen molar-refractivity contribution in [2.45, 2.75) is 6.54 Å². The molecule has 3 amide bonds. The Labute approximate surface area is 154 Å². The van der Waals surface area contributed by atoms with Crippen LogP contribution in [0.5, 0.6) is 0 Å². The molecule has 1 aromatic carbocycles. The molecule has 0 saturated heterocycles. The van der Waals surface area contributed by atoms with Gasteiger partial charge in [-0.05, 0) is 30.3 Å². The molecule has 1 aliphatic rings. The van der Waals surface area contributed by atoms with Crippen molar-refractivity contribution in [1.29, 1.82) is 0 Å². The highest BCUT2D eigenvalue weighted by Gasteiger charge is 2.33. The van der Waals surface area contributed by atoms with Crippen molar-refractivity contribution in [2.75, 3.05) is 13.6 Å². The van der Waals surface area contributed by atoms with Crippen LogP contribution < -0.4 is 0 Å². The fourth-order valence-corrected chi connectivity index (χ4v) is 3.78. The van der Waals surface area contributed by atoms with E-state index in [0.29, 0.717) is 28.6 Å². The molecule has 128 valence electrons. The lowest BCUT2D eigenvalue weighted by Crippen LogP contribution is -2.30. The lowest BCUT2D eigenvalue weighted by Gasteiger charge is -2.20. The average molecular weight is 375 g/mol. The molecule has 0 unspecified atom stereocenters. The summed E-state index contributed by atoms with van der Waals surface area (Å²) in [4.78, 5) is 40.5. The number of carbonyl (C=O) groups is 3. The van der Waals surface area contributed by atoms with E-state index in [9.17, 15) is 14.4 Å². The van der Waals surface area contributed by atoms with E-state index in [1.165, 1.54) is 30.5 Å². The van der Waals surface area contributed by atoms with Crippen LogP contribution in [0.3, 0.4) is 0 Å². The van der Waals surface area contributed by atoms with Crippen molar-refractivity contribution < 1.29 is 14.4 Å². The van der Waals surface area contributed by atoms with E-state index < -0.39 is 5.91 Å². The van der Waals surface area contributed by atoms with E-state index in [1.54, 1.807) is 23.1 Å². The minimum absolute atomic E-state index is 0.234. The Kier molecular flexibility index (Phi) is 4.74. The van der Waals surface area contributed by atoms with Crippen molar-refractivity contribution >= 4 is 40.7 Å². The predicted molar refractivity (Wildman–Crippen MR) is 97.1 cm³/mol. The van der Waals surface area contributed by atoms with E-state index in [1.807, 2.05) is 6.07 Å². The third-order valence-corrected chi connectivity index (χ3v) is 5.16. The number of fused-ring (bicyclic) bond motifs is 1. The molecule has 0 atom stereocenters. The molecule has 2 heterocycles. The third-order valence-electron chi connectivity index (χ3n) is 3.95. The Morgan fingerprint density at radius 3 is 2.60 bits per heavy atom. The predicted octanol–water partition coefficient (Wildman–Crippen LogP) is 3.46. The van der Waals surface area contributed by atoms with E-state index in [2.05, 4.69) is 6.58 Å². The SMILES string of the molecule is C=CCN(Cc1ccc(Cl)s1)C(=O)c1ccc2c(c1)C(=O)N(C)C2=O. The number of nitrogens with zero attached hydrogens (tertiary/aromatic N) is 2. The second kappa shape index (κ2) is 6.82. The molecule has 0 bridgehead atoms. The maximum absolute atomic E-state index is 12.9. The maximum atomic E-state index is 12.9. The quantitative estimate of drug-likeness (QED) is 0.595. The average Bonchev–Trinajstić information content (AvgIpc) is 3.11. The second-order valence-corrected chi connectivity index (χ2v) is 7.41. The molecular formula is C18H15ClN2O3S. The minimum atomic E-state index is -0.394. The van der Waals surface area contributed by atoms with Gasteiger partial charge in [0.25, 0.3) is 17.7 Å². The molecule has 0 aliphatic carbocycles. The van der Waals surface area contributed by atoms with Crippen molar-refractivity contribution in [3.8, 4) is 0 Å². The molecule has 5 nitrogen and oxygen atoms in total.